The fourth-order valence-electron chi connectivity index (χ4n) is 3.05. The van der Waals surface area contributed by atoms with E-state index >= 15 is 0 Å². The molecular formula is C24H26ClN3O3S. The summed E-state index contributed by atoms with van der Waals surface area (Å²) in [6.45, 7) is 4.15. The summed E-state index contributed by atoms with van der Waals surface area (Å²) in [5, 5.41) is 2.97. The molecule has 0 aliphatic carbocycles. The molecule has 2 N–H and O–H groups in total. The van der Waals surface area contributed by atoms with Crippen molar-refractivity contribution in [2.24, 2.45) is 0 Å². The predicted octanol–water partition coefficient (Wildman–Crippen LogP) is 4.75. The Balaban J connectivity index is 1.76. The Morgan fingerprint density at radius 1 is 0.938 bits per heavy atom. The van der Waals surface area contributed by atoms with Crippen LogP contribution in [0.1, 0.15) is 27.0 Å². The Morgan fingerprint density at radius 3 is 2.25 bits per heavy atom. The Hall–Kier alpha value is -3.03. The largest absolute Gasteiger partial charge is 0.378 e. The highest BCUT2D eigenvalue weighted by Crippen LogP contribution is 2.24. The second-order valence-electron chi connectivity index (χ2n) is 7.79. The molecule has 0 radical (unpaired) electrons. The molecule has 32 heavy (non-hydrogen) atoms. The van der Waals surface area contributed by atoms with Crippen LogP contribution in [0.2, 0.25) is 5.02 Å². The van der Waals surface area contributed by atoms with Crippen molar-refractivity contribution in [3.8, 4) is 0 Å². The van der Waals surface area contributed by atoms with E-state index in [1.54, 1.807) is 12.1 Å². The van der Waals surface area contributed by atoms with Crippen molar-refractivity contribution in [3.05, 3.63) is 87.9 Å². The van der Waals surface area contributed by atoms with Crippen molar-refractivity contribution in [1.82, 2.24) is 5.32 Å². The summed E-state index contributed by atoms with van der Waals surface area (Å²) in [6, 6.07) is 17.1. The second kappa shape index (κ2) is 9.63. The van der Waals surface area contributed by atoms with Crippen molar-refractivity contribution in [3.63, 3.8) is 0 Å². The van der Waals surface area contributed by atoms with E-state index < -0.39 is 15.9 Å². The molecule has 168 valence electrons. The van der Waals surface area contributed by atoms with Gasteiger partial charge < -0.3 is 10.2 Å². The van der Waals surface area contributed by atoms with Crippen LogP contribution in [0.15, 0.2) is 65.6 Å². The highest BCUT2D eigenvalue weighted by Gasteiger charge is 2.19. The van der Waals surface area contributed by atoms with E-state index in [0.29, 0.717) is 12.2 Å². The van der Waals surface area contributed by atoms with Gasteiger partial charge in [-0.15, -0.1) is 0 Å². The van der Waals surface area contributed by atoms with Gasteiger partial charge in [0.1, 0.15) is 0 Å². The van der Waals surface area contributed by atoms with Crippen LogP contribution < -0.4 is 14.9 Å². The lowest BCUT2D eigenvalue weighted by atomic mass is 10.1. The molecule has 1 amide bonds. The minimum atomic E-state index is -3.89. The van der Waals surface area contributed by atoms with Crippen LogP contribution in [0.4, 0.5) is 11.4 Å². The molecule has 0 aromatic heterocycles. The molecule has 0 spiro atoms. The summed E-state index contributed by atoms with van der Waals surface area (Å²) in [5.41, 5.74) is 4.56. The molecular weight excluding hydrogens is 446 g/mol. The molecule has 6 nitrogen and oxygen atoms in total. The number of nitrogens with zero attached hydrogens (tertiary/aromatic N) is 1. The molecule has 0 atom stereocenters. The quantitative estimate of drug-likeness (QED) is 0.521. The molecule has 0 fully saturated rings. The number of anilines is 2. The Labute approximate surface area is 194 Å². The van der Waals surface area contributed by atoms with Crippen LogP contribution in [-0.4, -0.2) is 28.4 Å². The zero-order valence-corrected chi connectivity index (χ0v) is 20.0. The minimum Gasteiger partial charge on any atom is -0.378 e. The van der Waals surface area contributed by atoms with E-state index in [4.69, 9.17) is 11.6 Å². The molecule has 3 aromatic rings. The number of amides is 1. The topological polar surface area (TPSA) is 78.5 Å². The number of hydrogen-bond acceptors (Lipinski definition) is 4. The average molecular weight is 472 g/mol. The van der Waals surface area contributed by atoms with E-state index in [1.807, 2.05) is 63.2 Å². The minimum absolute atomic E-state index is 0.0411. The number of halogens is 1. The van der Waals surface area contributed by atoms with E-state index in [9.17, 15) is 13.2 Å². The van der Waals surface area contributed by atoms with Gasteiger partial charge in [0.05, 0.1) is 15.5 Å². The van der Waals surface area contributed by atoms with Gasteiger partial charge in [0.2, 0.25) is 0 Å². The van der Waals surface area contributed by atoms with Gasteiger partial charge in [-0.1, -0.05) is 29.8 Å². The third-order valence-electron chi connectivity index (χ3n) is 5.16. The lowest BCUT2D eigenvalue weighted by molar-refractivity contribution is 0.0951. The van der Waals surface area contributed by atoms with Crippen LogP contribution >= 0.6 is 11.6 Å². The smallest absolute Gasteiger partial charge is 0.261 e. The first kappa shape index (κ1) is 23.6. The maximum Gasteiger partial charge on any atom is 0.261 e. The van der Waals surface area contributed by atoms with E-state index in [1.165, 1.54) is 18.2 Å². The van der Waals surface area contributed by atoms with Gasteiger partial charge in [-0.3, -0.25) is 9.52 Å². The second-order valence-corrected chi connectivity index (χ2v) is 9.88. The number of carbonyl (C=O) groups excluding carboxylic acids is 1. The summed E-state index contributed by atoms with van der Waals surface area (Å²) < 4.78 is 28.3. The number of aryl methyl sites for hydroxylation is 2. The van der Waals surface area contributed by atoms with Crippen molar-refractivity contribution < 1.29 is 13.2 Å². The van der Waals surface area contributed by atoms with E-state index in [-0.39, 0.29) is 15.5 Å². The molecule has 0 unspecified atom stereocenters. The molecule has 0 bridgehead atoms. The van der Waals surface area contributed by atoms with Gasteiger partial charge in [-0.2, -0.15) is 0 Å². The maximum absolute atomic E-state index is 12.9. The summed E-state index contributed by atoms with van der Waals surface area (Å²) in [7, 11) is 0.0170. The Bertz CT molecular complexity index is 1240. The summed E-state index contributed by atoms with van der Waals surface area (Å²) in [5.74, 6) is -0.449. The Kier molecular flexibility index (Phi) is 7.11. The third kappa shape index (κ3) is 5.60. The van der Waals surface area contributed by atoms with Crippen molar-refractivity contribution in [2.75, 3.05) is 23.7 Å². The SMILES string of the molecule is Cc1ccc(NS(=O)(=O)c2ccc(Cl)c(C(=O)NCc3ccc(N(C)C)cc3)c2)cc1C. The first-order chi connectivity index (χ1) is 15.1. The molecule has 8 heteroatoms. The third-order valence-corrected chi connectivity index (χ3v) is 6.87. The monoisotopic (exact) mass is 471 g/mol. The number of benzene rings is 3. The average Bonchev–Trinajstić information content (AvgIpc) is 2.75. The normalized spacial score (nSPS) is 11.2. The highest BCUT2D eigenvalue weighted by molar-refractivity contribution is 7.92. The predicted molar refractivity (Wildman–Crippen MR) is 130 cm³/mol. The van der Waals surface area contributed by atoms with Crippen molar-refractivity contribution in [2.45, 2.75) is 25.3 Å². The first-order valence-corrected chi connectivity index (χ1v) is 11.9. The van der Waals surface area contributed by atoms with Crippen LogP contribution in [0, 0.1) is 13.8 Å². The van der Waals surface area contributed by atoms with Gasteiger partial charge in [-0.05, 0) is 73.0 Å². The van der Waals surface area contributed by atoms with Crippen LogP contribution in [0.5, 0.6) is 0 Å². The zero-order chi connectivity index (χ0) is 23.5. The fourth-order valence-corrected chi connectivity index (χ4v) is 4.33. The molecule has 0 saturated carbocycles. The number of sulfonamides is 1. The molecule has 0 heterocycles. The van der Waals surface area contributed by atoms with E-state index in [2.05, 4.69) is 10.0 Å². The highest BCUT2D eigenvalue weighted by atomic mass is 35.5. The van der Waals surface area contributed by atoms with Crippen molar-refractivity contribution >= 4 is 38.9 Å². The Morgan fingerprint density at radius 2 is 1.62 bits per heavy atom. The molecule has 3 aromatic carbocycles. The van der Waals surface area contributed by atoms with E-state index in [0.717, 1.165) is 22.4 Å². The first-order valence-electron chi connectivity index (χ1n) is 10.0. The van der Waals surface area contributed by atoms with Gasteiger partial charge >= 0.3 is 0 Å². The molecule has 0 saturated heterocycles. The lowest BCUT2D eigenvalue weighted by Gasteiger charge is -2.13. The standard InChI is InChI=1S/C24H26ClN3O3S/c1-16-5-8-19(13-17(16)2)27-32(30,31)21-11-12-23(25)22(14-21)24(29)26-15-18-6-9-20(10-7-18)28(3)4/h5-14,27H,15H2,1-4H3,(H,26,29). The summed E-state index contributed by atoms with van der Waals surface area (Å²) in [4.78, 5) is 14.7. The summed E-state index contributed by atoms with van der Waals surface area (Å²) >= 11 is 6.20. The number of hydrogen-bond donors (Lipinski definition) is 2. The number of nitrogens with one attached hydrogen (secondary N) is 2. The van der Waals surface area contributed by atoms with Gasteiger partial charge in [0, 0.05) is 32.0 Å². The molecule has 0 aliphatic heterocycles. The fraction of sp³-hybridized carbons (Fsp3) is 0.208. The van der Waals surface area contributed by atoms with Crippen LogP contribution in [-0.2, 0) is 16.6 Å². The van der Waals surface area contributed by atoms with Gasteiger partial charge in [0.25, 0.3) is 15.9 Å². The summed E-state index contributed by atoms with van der Waals surface area (Å²) in [6.07, 6.45) is 0. The molecule has 0 aliphatic rings. The van der Waals surface area contributed by atoms with Crippen LogP contribution in [0.25, 0.3) is 0 Å². The molecule has 3 rings (SSSR count). The zero-order valence-electron chi connectivity index (χ0n) is 18.4. The van der Waals surface area contributed by atoms with Gasteiger partial charge in [0.15, 0.2) is 0 Å². The number of rotatable bonds is 7. The van der Waals surface area contributed by atoms with Crippen molar-refractivity contribution in [1.29, 1.82) is 0 Å². The lowest BCUT2D eigenvalue weighted by Crippen LogP contribution is -2.24. The van der Waals surface area contributed by atoms with Gasteiger partial charge in [-0.25, -0.2) is 8.42 Å². The maximum atomic E-state index is 12.9. The number of carbonyl (C=O) groups is 1. The van der Waals surface area contributed by atoms with Crippen LogP contribution in [0.3, 0.4) is 0 Å².